The molecular formula is C12H21N5. The van der Waals surface area contributed by atoms with Crippen LogP contribution in [0.15, 0.2) is 18.3 Å². The van der Waals surface area contributed by atoms with E-state index in [-0.39, 0.29) is 0 Å². The minimum atomic E-state index is 0.782. The first-order valence-electron chi connectivity index (χ1n) is 6.35. The van der Waals surface area contributed by atoms with Gasteiger partial charge in [-0.05, 0) is 44.6 Å². The largest absolute Gasteiger partial charge is 0.354 e. The maximum Gasteiger partial charge on any atom is 0.151 e. The van der Waals surface area contributed by atoms with Crippen LogP contribution in [0, 0.1) is 0 Å². The fourth-order valence-corrected chi connectivity index (χ4v) is 2.20. The molecule has 0 atom stereocenters. The number of nitrogens with zero attached hydrogens (tertiary/aromatic N) is 4. The second-order valence-electron chi connectivity index (χ2n) is 4.41. The average Bonchev–Trinajstić information content (AvgIpc) is 2.63. The summed E-state index contributed by atoms with van der Waals surface area (Å²) in [6, 6.07) is 3.97. The smallest absolute Gasteiger partial charge is 0.151 e. The number of rotatable bonds is 4. The number of anilines is 1. The molecule has 0 radical (unpaired) electrons. The van der Waals surface area contributed by atoms with Gasteiger partial charge in [0.1, 0.15) is 0 Å². The van der Waals surface area contributed by atoms with Crippen molar-refractivity contribution in [2.24, 2.45) is 5.73 Å². The van der Waals surface area contributed by atoms with E-state index in [1.807, 2.05) is 12.1 Å². The monoisotopic (exact) mass is 235 g/mol. The van der Waals surface area contributed by atoms with Crippen LogP contribution < -0.4 is 10.6 Å². The molecule has 0 bridgehead atoms. The quantitative estimate of drug-likeness (QED) is 0.815. The van der Waals surface area contributed by atoms with Gasteiger partial charge in [0, 0.05) is 25.8 Å². The summed E-state index contributed by atoms with van der Waals surface area (Å²) in [5, 5.41) is 8.11. The van der Waals surface area contributed by atoms with Gasteiger partial charge >= 0.3 is 0 Å². The molecule has 1 aromatic heterocycles. The SMILES string of the molecule is NCCCN1CCCN(c2cccnn2)CC1. The van der Waals surface area contributed by atoms with Crippen molar-refractivity contribution in [2.75, 3.05) is 44.2 Å². The van der Waals surface area contributed by atoms with Crippen molar-refractivity contribution in [3.63, 3.8) is 0 Å². The lowest BCUT2D eigenvalue weighted by atomic mass is 10.3. The van der Waals surface area contributed by atoms with Gasteiger partial charge in [-0.25, -0.2) is 0 Å². The Morgan fingerprint density at radius 2 is 2.18 bits per heavy atom. The lowest BCUT2D eigenvalue weighted by Crippen LogP contribution is -2.32. The molecule has 1 aliphatic rings. The summed E-state index contributed by atoms with van der Waals surface area (Å²) in [4.78, 5) is 4.80. The highest BCUT2D eigenvalue weighted by molar-refractivity contribution is 5.36. The van der Waals surface area contributed by atoms with Crippen molar-refractivity contribution < 1.29 is 0 Å². The van der Waals surface area contributed by atoms with Crippen LogP contribution in [0.25, 0.3) is 0 Å². The summed E-state index contributed by atoms with van der Waals surface area (Å²) in [5.74, 6) is 0.994. The first kappa shape index (κ1) is 12.3. The summed E-state index contributed by atoms with van der Waals surface area (Å²) in [7, 11) is 0. The van der Waals surface area contributed by atoms with Gasteiger partial charge < -0.3 is 15.5 Å². The van der Waals surface area contributed by atoms with Gasteiger partial charge in [-0.2, -0.15) is 5.10 Å². The first-order valence-corrected chi connectivity index (χ1v) is 6.35. The van der Waals surface area contributed by atoms with Gasteiger partial charge in [0.2, 0.25) is 0 Å². The van der Waals surface area contributed by atoms with Crippen LogP contribution >= 0.6 is 0 Å². The van der Waals surface area contributed by atoms with E-state index in [0.29, 0.717) is 0 Å². The van der Waals surface area contributed by atoms with Crippen molar-refractivity contribution in [3.8, 4) is 0 Å². The molecule has 0 unspecified atom stereocenters. The van der Waals surface area contributed by atoms with Crippen LogP contribution in [0.2, 0.25) is 0 Å². The third kappa shape index (κ3) is 3.64. The molecular weight excluding hydrogens is 214 g/mol. The molecule has 0 spiro atoms. The predicted molar refractivity (Wildman–Crippen MR) is 69.0 cm³/mol. The number of nitrogens with two attached hydrogens (primary N) is 1. The highest BCUT2D eigenvalue weighted by atomic mass is 15.3. The fourth-order valence-electron chi connectivity index (χ4n) is 2.20. The molecule has 2 N–H and O–H groups in total. The Morgan fingerprint density at radius 3 is 2.94 bits per heavy atom. The molecule has 0 aliphatic carbocycles. The summed E-state index contributed by atoms with van der Waals surface area (Å²) < 4.78 is 0. The van der Waals surface area contributed by atoms with E-state index < -0.39 is 0 Å². The highest BCUT2D eigenvalue weighted by Gasteiger charge is 2.15. The van der Waals surface area contributed by atoms with Crippen LogP contribution in [0.4, 0.5) is 5.82 Å². The van der Waals surface area contributed by atoms with Gasteiger partial charge in [0.15, 0.2) is 5.82 Å². The third-order valence-electron chi connectivity index (χ3n) is 3.15. The standard InChI is InChI=1S/C12H21N5/c13-5-2-7-16-8-3-9-17(11-10-16)12-4-1-6-14-15-12/h1,4,6H,2-3,5,7-11,13H2. The molecule has 0 aromatic carbocycles. The van der Waals surface area contributed by atoms with Gasteiger partial charge in [-0.3, -0.25) is 0 Å². The van der Waals surface area contributed by atoms with E-state index in [1.54, 1.807) is 6.20 Å². The van der Waals surface area contributed by atoms with E-state index in [0.717, 1.165) is 51.5 Å². The second kappa shape index (κ2) is 6.51. The Labute approximate surface area is 103 Å². The molecule has 1 saturated heterocycles. The maximum absolute atomic E-state index is 5.55. The zero-order valence-electron chi connectivity index (χ0n) is 10.3. The van der Waals surface area contributed by atoms with Gasteiger partial charge in [-0.15, -0.1) is 5.10 Å². The maximum atomic E-state index is 5.55. The van der Waals surface area contributed by atoms with E-state index in [9.17, 15) is 0 Å². The van der Waals surface area contributed by atoms with Crippen molar-refractivity contribution >= 4 is 5.82 Å². The Kier molecular flexibility index (Phi) is 4.70. The van der Waals surface area contributed by atoms with Gasteiger partial charge in [0.25, 0.3) is 0 Å². The number of hydrogen-bond acceptors (Lipinski definition) is 5. The van der Waals surface area contributed by atoms with Crippen LogP contribution in [0.5, 0.6) is 0 Å². The molecule has 2 heterocycles. The van der Waals surface area contributed by atoms with Crippen LogP contribution in [0.1, 0.15) is 12.8 Å². The molecule has 0 amide bonds. The summed E-state index contributed by atoms with van der Waals surface area (Å²) in [6.07, 6.45) is 3.99. The normalized spacial score (nSPS) is 18.1. The Hall–Kier alpha value is -1.20. The predicted octanol–water partition coefficient (Wildman–Crippen LogP) is 0.338. The van der Waals surface area contributed by atoms with E-state index in [1.165, 1.54) is 6.42 Å². The van der Waals surface area contributed by atoms with Crippen LogP contribution in [-0.4, -0.2) is 54.4 Å². The van der Waals surface area contributed by atoms with E-state index in [4.69, 9.17) is 5.73 Å². The van der Waals surface area contributed by atoms with Gasteiger partial charge in [-0.1, -0.05) is 0 Å². The minimum absolute atomic E-state index is 0.782. The molecule has 1 aromatic rings. The van der Waals surface area contributed by atoms with Crippen molar-refractivity contribution in [3.05, 3.63) is 18.3 Å². The summed E-state index contributed by atoms with van der Waals surface area (Å²) in [6.45, 7) is 6.25. The first-order chi connectivity index (χ1) is 8.40. The molecule has 5 nitrogen and oxygen atoms in total. The zero-order valence-corrected chi connectivity index (χ0v) is 10.3. The molecule has 94 valence electrons. The van der Waals surface area contributed by atoms with Crippen molar-refractivity contribution in [2.45, 2.75) is 12.8 Å². The molecule has 1 fully saturated rings. The molecule has 2 rings (SSSR count). The molecule has 1 aliphatic heterocycles. The lowest BCUT2D eigenvalue weighted by molar-refractivity contribution is 0.291. The highest BCUT2D eigenvalue weighted by Crippen LogP contribution is 2.11. The number of aromatic nitrogens is 2. The van der Waals surface area contributed by atoms with E-state index in [2.05, 4.69) is 20.0 Å². The molecule has 0 saturated carbocycles. The Morgan fingerprint density at radius 1 is 1.24 bits per heavy atom. The average molecular weight is 235 g/mol. The Balaban J connectivity index is 1.87. The molecule has 5 heteroatoms. The van der Waals surface area contributed by atoms with Crippen molar-refractivity contribution in [1.29, 1.82) is 0 Å². The van der Waals surface area contributed by atoms with Crippen molar-refractivity contribution in [1.82, 2.24) is 15.1 Å². The zero-order chi connectivity index (χ0) is 11.9. The lowest BCUT2D eigenvalue weighted by Gasteiger charge is -2.22. The fraction of sp³-hybridized carbons (Fsp3) is 0.667. The molecule has 17 heavy (non-hydrogen) atoms. The van der Waals surface area contributed by atoms with Crippen LogP contribution in [0.3, 0.4) is 0 Å². The topological polar surface area (TPSA) is 58.3 Å². The van der Waals surface area contributed by atoms with Crippen LogP contribution in [-0.2, 0) is 0 Å². The Bertz CT molecular complexity index is 316. The van der Waals surface area contributed by atoms with Gasteiger partial charge in [0.05, 0.1) is 0 Å². The summed E-state index contributed by atoms with van der Waals surface area (Å²) in [5.41, 5.74) is 5.55. The minimum Gasteiger partial charge on any atom is -0.354 e. The third-order valence-corrected chi connectivity index (χ3v) is 3.15. The second-order valence-corrected chi connectivity index (χ2v) is 4.41. The van der Waals surface area contributed by atoms with E-state index >= 15 is 0 Å². The summed E-state index contributed by atoms with van der Waals surface area (Å²) >= 11 is 0. The number of hydrogen-bond donors (Lipinski definition) is 1.